The highest BCUT2D eigenvalue weighted by molar-refractivity contribution is 9.10. The van der Waals surface area contributed by atoms with Crippen LogP contribution in [0.4, 0.5) is 13.2 Å². The lowest BCUT2D eigenvalue weighted by Crippen LogP contribution is -2.11. The second-order valence-electron chi connectivity index (χ2n) is 4.37. The molecule has 0 saturated carbocycles. The predicted molar refractivity (Wildman–Crippen MR) is 69.4 cm³/mol. The highest BCUT2D eigenvalue weighted by atomic mass is 79.9. The predicted octanol–water partition coefficient (Wildman–Crippen LogP) is 4.14. The topological polar surface area (TPSA) is 35.5 Å². The second-order valence-corrected chi connectivity index (χ2v) is 5.22. The van der Waals surface area contributed by atoms with Gasteiger partial charge in [0.05, 0.1) is 19.6 Å². The number of rotatable bonds is 3. The van der Waals surface area contributed by atoms with Crippen LogP contribution in [0.1, 0.15) is 29.6 Å². The summed E-state index contributed by atoms with van der Waals surface area (Å²) in [5.74, 6) is 0.299. The van der Waals surface area contributed by atoms with Gasteiger partial charge >= 0.3 is 6.18 Å². The van der Waals surface area contributed by atoms with Crippen molar-refractivity contribution in [1.82, 2.24) is 0 Å². The van der Waals surface area contributed by atoms with Gasteiger partial charge < -0.3 is 9.47 Å². The maximum Gasteiger partial charge on any atom is 0.389 e. The standard InChI is InChI=1S/C13H12BrF3O3/c14-9-7-12-11(19-4-1-5-20-12)6-8(9)10(18)2-3-13(15,16)17/h6-7H,1-5H2. The van der Waals surface area contributed by atoms with Crippen molar-refractivity contribution in [2.24, 2.45) is 0 Å². The Morgan fingerprint density at radius 2 is 1.80 bits per heavy atom. The number of ketones is 1. The highest BCUT2D eigenvalue weighted by Gasteiger charge is 2.29. The van der Waals surface area contributed by atoms with E-state index in [1.165, 1.54) is 6.07 Å². The van der Waals surface area contributed by atoms with E-state index in [-0.39, 0.29) is 5.56 Å². The van der Waals surface area contributed by atoms with E-state index in [0.717, 1.165) is 0 Å². The number of ether oxygens (including phenoxy) is 2. The summed E-state index contributed by atoms with van der Waals surface area (Å²) in [7, 11) is 0. The molecule has 1 aromatic carbocycles. The molecule has 7 heteroatoms. The number of hydrogen-bond donors (Lipinski definition) is 0. The molecule has 1 aromatic rings. The van der Waals surface area contributed by atoms with Gasteiger partial charge in [0.2, 0.25) is 0 Å². The first-order valence-electron chi connectivity index (χ1n) is 6.06. The number of Topliss-reactive ketones (excluding diaryl/α,β-unsaturated/α-hetero) is 1. The van der Waals surface area contributed by atoms with Gasteiger partial charge in [-0.05, 0) is 28.1 Å². The van der Waals surface area contributed by atoms with Crippen LogP contribution in [0.2, 0.25) is 0 Å². The van der Waals surface area contributed by atoms with Gasteiger partial charge in [-0.3, -0.25) is 4.79 Å². The van der Waals surface area contributed by atoms with Gasteiger partial charge in [-0.1, -0.05) is 0 Å². The average molecular weight is 353 g/mol. The van der Waals surface area contributed by atoms with E-state index in [1.54, 1.807) is 6.07 Å². The minimum atomic E-state index is -4.34. The zero-order valence-corrected chi connectivity index (χ0v) is 12.0. The van der Waals surface area contributed by atoms with Crippen LogP contribution in [0, 0.1) is 0 Å². The van der Waals surface area contributed by atoms with Crippen LogP contribution in [-0.2, 0) is 0 Å². The zero-order valence-electron chi connectivity index (χ0n) is 10.4. The van der Waals surface area contributed by atoms with E-state index in [9.17, 15) is 18.0 Å². The van der Waals surface area contributed by atoms with E-state index >= 15 is 0 Å². The molecule has 0 spiro atoms. The van der Waals surface area contributed by atoms with Crippen molar-refractivity contribution in [2.45, 2.75) is 25.4 Å². The van der Waals surface area contributed by atoms with Crippen molar-refractivity contribution >= 4 is 21.7 Å². The van der Waals surface area contributed by atoms with Gasteiger partial charge in [-0.2, -0.15) is 13.2 Å². The van der Waals surface area contributed by atoms with E-state index in [4.69, 9.17) is 9.47 Å². The summed E-state index contributed by atoms with van der Waals surface area (Å²) in [6, 6.07) is 2.99. The Balaban J connectivity index is 2.19. The van der Waals surface area contributed by atoms with Crippen LogP contribution in [0.15, 0.2) is 16.6 Å². The second kappa shape index (κ2) is 6.03. The van der Waals surface area contributed by atoms with Crippen molar-refractivity contribution in [3.63, 3.8) is 0 Å². The molecule has 0 aromatic heterocycles. The molecule has 3 nitrogen and oxygen atoms in total. The molecule has 0 atom stereocenters. The summed E-state index contributed by atoms with van der Waals surface area (Å²) in [5, 5.41) is 0. The SMILES string of the molecule is O=C(CCC(F)(F)F)c1cc2c(cc1Br)OCCCO2. The lowest BCUT2D eigenvalue weighted by atomic mass is 10.1. The maximum atomic E-state index is 12.2. The van der Waals surface area contributed by atoms with Crippen LogP contribution < -0.4 is 9.47 Å². The Bertz CT molecular complexity index is 514. The quantitative estimate of drug-likeness (QED) is 0.767. The fourth-order valence-electron chi connectivity index (χ4n) is 1.79. The lowest BCUT2D eigenvalue weighted by molar-refractivity contribution is -0.133. The minimum absolute atomic E-state index is 0.179. The number of carbonyl (C=O) groups is 1. The molecule has 0 fully saturated rings. The molecule has 0 aliphatic carbocycles. The fourth-order valence-corrected chi connectivity index (χ4v) is 2.33. The number of benzene rings is 1. The molecule has 0 saturated heterocycles. The molecule has 110 valence electrons. The number of alkyl halides is 3. The molecular formula is C13H12BrF3O3. The van der Waals surface area contributed by atoms with Gasteiger partial charge in [0, 0.05) is 22.9 Å². The summed E-state index contributed by atoms with van der Waals surface area (Å²) in [4.78, 5) is 11.9. The monoisotopic (exact) mass is 352 g/mol. The van der Waals surface area contributed by atoms with Gasteiger partial charge in [0.15, 0.2) is 17.3 Å². The largest absolute Gasteiger partial charge is 0.490 e. The Kier molecular flexibility index (Phi) is 4.57. The lowest BCUT2D eigenvalue weighted by Gasteiger charge is -2.11. The molecular weight excluding hydrogens is 341 g/mol. The van der Waals surface area contributed by atoms with Crippen LogP contribution >= 0.6 is 15.9 Å². The summed E-state index contributed by atoms with van der Waals surface area (Å²) < 4.78 is 47.7. The first-order valence-corrected chi connectivity index (χ1v) is 6.85. The van der Waals surface area contributed by atoms with Gasteiger partial charge in [0.25, 0.3) is 0 Å². The van der Waals surface area contributed by atoms with Crippen molar-refractivity contribution in [1.29, 1.82) is 0 Å². The Morgan fingerprint density at radius 1 is 1.20 bits per heavy atom. The molecule has 0 amide bonds. The molecule has 1 heterocycles. The normalized spacial score (nSPS) is 14.8. The van der Waals surface area contributed by atoms with Crippen LogP contribution in [-0.4, -0.2) is 25.2 Å². The molecule has 20 heavy (non-hydrogen) atoms. The van der Waals surface area contributed by atoms with Crippen LogP contribution in [0.3, 0.4) is 0 Å². The van der Waals surface area contributed by atoms with Crippen LogP contribution in [0.25, 0.3) is 0 Å². The maximum absolute atomic E-state index is 12.2. The van der Waals surface area contributed by atoms with Gasteiger partial charge in [-0.25, -0.2) is 0 Å². The molecule has 0 unspecified atom stereocenters. The first kappa shape index (κ1) is 15.2. The third-order valence-electron chi connectivity index (χ3n) is 2.77. The van der Waals surface area contributed by atoms with E-state index in [0.29, 0.717) is 35.6 Å². The van der Waals surface area contributed by atoms with Crippen molar-refractivity contribution in [3.8, 4) is 11.5 Å². The number of carbonyl (C=O) groups excluding carboxylic acids is 1. The molecule has 0 radical (unpaired) electrons. The van der Waals surface area contributed by atoms with E-state index in [2.05, 4.69) is 15.9 Å². The number of halogens is 4. The van der Waals surface area contributed by atoms with Crippen molar-refractivity contribution < 1.29 is 27.4 Å². The van der Waals surface area contributed by atoms with Crippen molar-refractivity contribution in [3.05, 3.63) is 22.2 Å². The molecule has 1 aliphatic rings. The van der Waals surface area contributed by atoms with Gasteiger partial charge in [0.1, 0.15) is 0 Å². The Labute approximate surface area is 122 Å². The summed E-state index contributed by atoms with van der Waals surface area (Å²) in [5.41, 5.74) is 0.179. The summed E-state index contributed by atoms with van der Waals surface area (Å²) in [6.07, 6.45) is -5.34. The third kappa shape index (κ3) is 3.88. The Morgan fingerprint density at radius 3 is 2.40 bits per heavy atom. The Hall–Kier alpha value is -1.24. The molecule has 0 N–H and O–H groups in total. The smallest absolute Gasteiger partial charge is 0.389 e. The average Bonchev–Trinajstić information content (AvgIpc) is 2.58. The third-order valence-corrected chi connectivity index (χ3v) is 3.43. The molecule has 0 bridgehead atoms. The highest BCUT2D eigenvalue weighted by Crippen LogP contribution is 2.36. The number of fused-ring (bicyclic) bond motifs is 1. The molecule has 2 rings (SSSR count). The van der Waals surface area contributed by atoms with E-state index in [1.807, 2.05) is 0 Å². The van der Waals surface area contributed by atoms with Gasteiger partial charge in [-0.15, -0.1) is 0 Å². The first-order chi connectivity index (χ1) is 9.37. The molecule has 1 aliphatic heterocycles. The summed E-state index contributed by atoms with van der Waals surface area (Å²) >= 11 is 3.18. The zero-order chi connectivity index (χ0) is 14.8. The summed E-state index contributed by atoms with van der Waals surface area (Å²) in [6.45, 7) is 0.950. The fraction of sp³-hybridized carbons (Fsp3) is 0.462. The van der Waals surface area contributed by atoms with Crippen molar-refractivity contribution in [2.75, 3.05) is 13.2 Å². The van der Waals surface area contributed by atoms with Crippen LogP contribution in [0.5, 0.6) is 11.5 Å². The minimum Gasteiger partial charge on any atom is -0.490 e. The van der Waals surface area contributed by atoms with E-state index < -0.39 is 24.8 Å². The number of hydrogen-bond acceptors (Lipinski definition) is 3.